The Kier molecular flexibility index (Phi) is 5.26. The summed E-state index contributed by atoms with van der Waals surface area (Å²) in [5, 5.41) is 3.08. The van der Waals surface area contributed by atoms with Crippen molar-refractivity contribution >= 4 is 28.8 Å². The molecule has 2 aliphatic heterocycles. The van der Waals surface area contributed by atoms with Crippen LogP contribution in [-0.4, -0.2) is 68.7 Å². The van der Waals surface area contributed by atoms with Crippen LogP contribution in [0.2, 0.25) is 0 Å². The van der Waals surface area contributed by atoms with E-state index >= 15 is 0 Å². The van der Waals surface area contributed by atoms with Gasteiger partial charge in [-0.2, -0.15) is 0 Å². The summed E-state index contributed by atoms with van der Waals surface area (Å²) < 4.78 is 0. The molecule has 0 spiro atoms. The number of aromatic amines is 1. The molecule has 2 fully saturated rings. The van der Waals surface area contributed by atoms with E-state index in [1.54, 1.807) is 23.4 Å². The van der Waals surface area contributed by atoms with E-state index in [2.05, 4.69) is 15.3 Å². The molecular formula is C22H29N5O3. The Balaban J connectivity index is 1.30. The Bertz CT molecular complexity index is 969. The second-order valence-corrected chi connectivity index (χ2v) is 9.28. The van der Waals surface area contributed by atoms with Crippen LogP contribution < -0.4 is 5.32 Å². The minimum atomic E-state index is -0.261. The third-order valence-corrected chi connectivity index (χ3v) is 6.11. The predicted octanol–water partition coefficient (Wildman–Crippen LogP) is 1.93. The van der Waals surface area contributed by atoms with Crippen molar-refractivity contribution < 1.29 is 14.4 Å². The molecule has 0 bridgehead atoms. The minimum absolute atomic E-state index is 0.0373. The van der Waals surface area contributed by atoms with Crippen molar-refractivity contribution in [3.05, 3.63) is 30.1 Å². The van der Waals surface area contributed by atoms with Gasteiger partial charge in [0.2, 0.25) is 11.8 Å². The number of imidazole rings is 1. The molecule has 0 radical (unpaired) electrons. The Morgan fingerprint density at radius 1 is 1.20 bits per heavy atom. The fraction of sp³-hybridized carbons (Fsp3) is 0.545. The first kappa shape index (κ1) is 20.4. The molecule has 30 heavy (non-hydrogen) atoms. The zero-order chi connectivity index (χ0) is 21.5. The predicted molar refractivity (Wildman–Crippen MR) is 113 cm³/mol. The van der Waals surface area contributed by atoms with E-state index in [0.29, 0.717) is 44.5 Å². The van der Waals surface area contributed by atoms with Crippen LogP contribution in [0.25, 0.3) is 11.0 Å². The number of carbonyl (C=O) groups is 3. The van der Waals surface area contributed by atoms with Crippen molar-refractivity contribution in [2.75, 3.05) is 19.6 Å². The number of nitrogens with zero attached hydrogens (tertiary/aromatic N) is 3. The number of carbonyl (C=O) groups excluding carboxylic acids is 3. The summed E-state index contributed by atoms with van der Waals surface area (Å²) in [5.74, 6) is -0.260. The third kappa shape index (κ3) is 4.04. The molecule has 8 nitrogen and oxygen atoms in total. The second kappa shape index (κ2) is 7.74. The monoisotopic (exact) mass is 411 g/mol. The number of hydrogen-bond donors (Lipinski definition) is 2. The maximum absolute atomic E-state index is 12.9. The lowest BCUT2D eigenvalue weighted by atomic mass is 10.0. The SMILES string of the molecule is CC(C)(C)N1CC(C(=O)N2CCC(NC(=O)c3ccc4nc[nH]c4c3)CC2)CC1=O. The van der Waals surface area contributed by atoms with Gasteiger partial charge in [-0.1, -0.05) is 0 Å². The Labute approximate surface area is 176 Å². The van der Waals surface area contributed by atoms with Gasteiger partial charge in [0, 0.05) is 43.2 Å². The number of aromatic nitrogens is 2. The highest BCUT2D eigenvalue weighted by Gasteiger charge is 2.41. The summed E-state index contributed by atoms with van der Waals surface area (Å²) in [6, 6.07) is 5.44. The van der Waals surface area contributed by atoms with E-state index in [4.69, 9.17) is 0 Å². The van der Waals surface area contributed by atoms with Gasteiger partial charge in [-0.3, -0.25) is 14.4 Å². The first-order valence-corrected chi connectivity index (χ1v) is 10.6. The van der Waals surface area contributed by atoms with Crippen molar-refractivity contribution in [2.45, 2.75) is 51.6 Å². The molecule has 2 aromatic rings. The lowest BCUT2D eigenvalue weighted by molar-refractivity contribution is -0.136. The Morgan fingerprint density at radius 2 is 1.93 bits per heavy atom. The lowest BCUT2D eigenvalue weighted by Gasteiger charge is -2.35. The Morgan fingerprint density at radius 3 is 2.60 bits per heavy atom. The van der Waals surface area contributed by atoms with E-state index < -0.39 is 0 Å². The molecule has 0 aliphatic carbocycles. The topological polar surface area (TPSA) is 98.4 Å². The van der Waals surface area contributed by atoms with Crippen molar-refractivity contribution in [1.29, 1.82) is 0 Å². The van der Waals surface area contributed by atoms with Crippen molar-refractivity contribution in [3.8, 4) is 0 Å². The average molecular weight is 412 g/mol. The highest BCUT2D eigenvalue weighted by atomic mass is 16.2. The van der Waals surface area contributed by atoms with Crippen LogP contribution in [0.5, 0.6) is 0 Å². The summed E-state index contributed by atoms with van der Waals surface area (Å²) in [6.45, 7) is 7.68. The molecule has 0 saturated carbocycles. The first-order chi connectivity index (χ1) is 14.2. The van der Waals surface area contributed by atoms with Gasteiger partial charge >= 0.3 is 0 Å². The van der Waals surface area contributed by atoms with Crippen LogP contribution >= 0.6 is 0 Å². The van der Waals surface area contributed by atoms with E-state index in [1.165, 1.54) is 0 Å². The van der Waals surface area contributed by atoms with E-state index in [-0.39, 0.29) is 35.2 Å². The molecule has 4 rings (SSSR count). The summed E-state index contributed by atoms with van der Waals surface area (Å²) in [4.78, 5) is 48.6. The van der Waals surface area contributed by atoms with Gasteiger partial charge in [0.25, 0.3) is 5.91 Å². The number of hydrogen-bond acceptors (Lipinski definition) is 4. The van der Waals surface area contributed by atoms with Gasteiger partial charge in [0.1, 0.15) is 0 Å². The molecule has 3 heterocycles. The number of piperidine rings is 1. The van der Waals surface area contributed by atoms with Gasteiger partial charge < -0.3 is 20.1 Å². The quantitative estimate of drug-likeness (QED) is 0.806. The van der Waals surface area contributed by atoms with E-state index in [0.717, 1.165) is 11.0 Å². The third-order valence-electron chi connectivity index (χ3n) is 6.11. The van der Waals surface area contributed by atoms with Gasteiger partial charge in [0.15, 0.2) is 0 Å². The fourth-order valence-corrected chi connectivity index (χ4v) is 4.37. The van der Waals surface area contributed by atoms with Crippen molar-refractivity contribution in [3.63, 3.8) is 0 Å². The average Bonchev–Trinajstić information content (AvgIpc) is 3.33. The maximum Gasteiger partial charge on any atom is 0.251 e. The van der Waals surface area contributed by atoms with Crippen LogP contribution in [0, 0.1) is 5.92 Å². The number of rotatable bonds is 3. The molecule has 1 unspecified atom stereocenters. The highest BCUT2D eigenvalue weighted by Crippen LogP contribution is 2.28. The second-order valence-electron chi connectivity index (χ2n) is 9.28. The summed E-state index contributed by atoms with van der Waals surface area (Å²) >= 11 is 0. The zero-order valence-electron chi connectivity index (χ0n) is 17.8. The molecular weight excluding hydrogens is 382 g/mol. The number of fused-ring (bicyclic) bond motifs is 1. The maximum atomic E-state index is 12.9. The zero-order valence-corrected chi connectivity index (χ0v) is 17.8. The normalized spacial score (nSPS) is 20.8. The Hall–Kier alpha value is -2.90. The number of nitrogens with one attached hydrogen (secondary N) is 2. The summed E-state index contributed by atoms with van der Waals surface area (Å²) in [6.07, 6.45) is 3.33. The van der Waals surface area contributed by atoms with Crippen LogP contribution in [0.4, 0.5) is 0 Å². The standard InChI is InChI=1S/C22H29N5O3/c1-22(2,3)27-12-15(11-19(27)28)21(30)26-8-6-16(7-9-26)25-20(29)14-4-5-17-18(10-14)24-13-23-17/h4-5,10,13,15-16H,6-9,11-12H2,1-3H3,(H,23,24)(H,25,29). The van der Waals surface area contributed by atoms with Crippen LogP contribution in [0.3, 0.4) is 0 Å². The van der Waals surface area contributed by atoms with Gasteiger partial charge in [0.05, 0.1) is 23.3 Å². The number of amides is 3. The molecule has 3 amide bonds. The van der Waals surface area contributed by atoms with Crippen molar-refractivity contribution in [1.82, 2.24) is 25.1 Å². The molecule has 2 N–H and O–H groups in total. The molecule has 2 saturated heterocycles. The van der Waals surface area contributed by atoms with Gasteiger partial charge in [-0.05, 0) is 51.8 Å². The van der Waals surface area contributed by atoms with E-state index in [1.807, 2.05) is 31.7 Å². The summed E-state index contributed by atoms with van der Waals surface area (Å²) in [5.41, 5.74) is 1.99. The molecule has 2 aliphatic rings. The van der Waals surface area contributed by atoms with Crippen molar-refractivity contribution in [2.24, 2.45) is 5.92 Å². The molecule has 1 aromatic heterocycles. The molecule has 1 aromatic carbocycles. The number of likely N-dealkylation sites (tertiary alicyclic amines) is 2. The van der Waals surface area contributed by atoms with Crippen LogP contribution in [0.1, 0.15) is 50.4 Å². The number of benzene rings is 1. The molecule has 8 heteroatoms. The smallest absolute Gasteiger partial charge is 0.251 e. The minimum Gasteiger partial charge on any atom is -0.349 e. The van der Waals surface area contributed by atoms with E-state index in [9.17, 15) is 14.4 Å². The number of H-pyrrole nitrogens is 1. The fourth-order valence-electron chi connectivity index (χ4n) is 4.37. The van der Waals surface area contributed by atoms with Gasteiger partial charge in [-0.25, -0.2) is 4.98 Å². The largest absolute Gasteiger partial charge is 0.349 e. The lowest BCUT2D eigenvalue weighted by Crippen LogP contribution is -2.48. The molecule has 160 valence electrons. The first-order valence-electron chi connectivity index (χ1n) is 10.6. The highest BCUT2D eigenvalue weighted by molar-refractivity contribution is 5.97. The van der Waals surface area contributed by atoms with Crippen LogP contribution in [0.15, 0.2) is 24.5 Å². The van der Waals surface area contributed by atoms with Gasteiger partial charge in [-0.15, -0.1) is 0 Å². The van der Waals surface area contributed by atoms with Crippen LogP contribution in [-0.2, 0) is 9.59 Å². The molecule has 1 atom stereocenters. The summed E-state index contributed by atoms with van der Waals surface area (Å²) in [7, 11) is 0.